The first-order valence-corrected chi connectivity index (χ1v) is 14.3. The van der Waals surface area contributed by atoms with Crippen molar-refractivity contribution in [3.63, 3.8) is 0 Å². The minimum atomic E-state index is -0.189. The lowest BCUT2D eigenvalue weighted by Gasteiger charge is -2.53. The molecule has 2 aliphatic rings. The maximum absolute atomic E-state index is 12.4. The molecule has 0 amide bonds. The van der Waals surface area contributed by atoms with Gasteiger partial charge in [-0.05, 0) is 63.4 Å². The lowest BCUT2D eigenvalue weighted by Crippen LogP contribution is -2.63. The number of hydrogen-bond donors (Lipinski definition) is 1. The van der Waals surface area contributed by atoms with Gasteiger partial charge in [0.2, 0.25) is 5.88 Å². The molecule has 4 aromatic rings. The zero-order chi connectivity index (χ0) is 29.1. The number of halogens is 1. The van der Waals surface area contributed by atoms with Gasteiger partial charge in [0, 0.05) is 73.7 Å². The van der Waals surface area contributed by atoms with Crippen LogP contribution in [0.5, 0.6) is 11.6 Å². The number of pyridine rings is 2. The number of imidazole rings is 1. The largest absolute Gasteiger partial charge is 0.505 e. The number of aromatic hydroxyl groups is 1. The van der Waals surface area contributed by atoms with Gasteiger partial charge in [-0.3, -0.25) is 9.47 Å². The molecule has 0 saturated carbocycles. The summed E-state index contributed by atoms with van der Waals surface area (Å²) in [5.74, 6) is 0.601. The molecule has 2 saturated heterocycles. The topological polar surface area (TPSA) is 88.6 Å². The molecule has 1 N–H and O–H groups in total. The maximum atomic E-state index is 12.4. The smallest absolute Gasteiger partial charge is 0.332 e. The predicted octanol–water partition coefficient (Wildman–Crippen LogP) is 5.04. The van der Waals surface area contributed by atoms with Crippen molar-refractivity contribution in [2.75, 3.05) is 31.6 Å². The molecule has 0 aliphatic carbocycles. The molecule has 0 bridgehead atoms. The molecule has 3 aromatic heterocycles. The monoisotopic (exact) mass is 574 g/mol. The highest BCUT2D eigenvalue weighted by Gasteiger charge is 2.50. The van der Waals surface area contributed by atoms with Crippen molar-refractivity contribution >= 4 is 17.3 Å². The predicted molar refractivity (Wildman–Crippen MR) is 161 cm³/mol. The Balaban J connectivity index is 1.37. The van der Waals surface area contributed by atoms with Crippen molar-refractivity contribution in [3.05, 3.63) is 70.1 Å². The fourth-order valence-corrected chi connectivity index (χ4v) is 6.69. The Morgan fingerprint density at radius 2 is 1.85 bits per heavy atom. The Hall–Kier alpha value is -3.82. The molecule has 9 nitrogen and oxygen atoms in total. The number of aryl methyl sites for hydroxylation is 2. The van der Waals surface area contributed by atoms with Gasteiger partial charge < -0.3 is 19.3 Å². The van der Waals surface area contributed by atoms with Crippen LogP contribution in [0.3, 0.4) is 0 Å². The minimum absolute atomic E-state index is 0.0390. The van der Waals surface area contributed by atoms with E-state index in [4.69, 9.17) is 21.3 Å². The van der Waals surface area contributed by atoms with E-state index in [0.717, 1.165) is 37.4 Å². The quantitative estimate of drug-likeness (QED) is 0.345. The third-order valence-corrected chi connectivity index (χ3v) is 8.91. The number of ether oxygens (including phenoxy) is 1. The highest BCUT2D eigenvalue weighted by Crippen LogP contribution is 2.45. The Morgan fingerprint density at radius 1 is 1.07 bits per heavy atom. The number of aromatic nitrogens is 4. The third-order valence-electron chi connectivity index (χ3n) is 8.61. The van der Waals surface area contributed by atoms with Gasteiger partial charge in [0.05, 0.1) is 17.8 Å². The molecule has 2 fully saturated rings. The molecule has 2 aliphatic heterocycles. The molecule has 1 spiro atoms. The number of benzene rings is 1. The molecular weight excluding hydrogens is 540 g/mol. The van der Waals surface area contributed by atoms with E-state index in [2.05, 4.69) is 28.6 Å². The first-order chi connectivity index (χ1) is 19.6. The lowest BCUT2D eigenvalue weighted by atomic mass is 9.82. The van der Waals surface area contributed by atoms with Crippen molar-refractivity contribution in [1.82, 2.24) is 24.0 Å². The summed E-state index contributed by atoms with van der Waals surface area (Å²) in [7, 11) is 3.33. The summed E-state index contributed by atoms with van der Waals surface area (Å²) >= 11 is 6.64. The van der Waals surface area contributed by atoms with Crippen LogP contribution in [-0.2, 0) is 7.05 Å². The number of nitrogens with zero attached hydrogens (tertiary/aromatic N) is 6. The lowest BCUT2D eigenvalue weighted by molar-refractivity contribution is -0.0237. The van der Waals surface area contributed by atoms with Gasteiger partial charge in [-0.25, -0.2) is 14.8 Å². The molecule has 1 atom stereocenters. The molecule has 1 aromatic carbocycles. The first kappa shape index (κ1) is 27.4. The van der Waals surface area contributed by atoms with E-state index in [1.54, 1.807) is 44.9 Å². The van der Waals surface area contributed by atoms with Crippen LogP contribution in [0, 0.1) is 6.92 Å². The van der Waals surface area contributed by atoms with Gasteiger partial charge in [0.1, 0.15) is 17.1 Å². The van der Waals surface area contributed by atoms with Crippen LogP contribution < -0.4 is 15.3 Å². The molecule has 41 heavy (non-hydrogen) atoms. The second-order valence-corrected chi connectivity index (χ2v) is 11.8. The number of likely N-dealkylation sites (tertiary alicyclic amines) is 1. The molecule has 214 valence electrons. The van der Waals surface area contributed by atoms with E-state index in [-0.39, 0.29) is 17.0 Å². The van der Waals surface area contributed by atoms with Crippen LogP contribution in [0.25, 0.3) is 28.1 Å². The summed E-state index contributed by atoms with van der Waals surface area (Å²) in [5.41, 5.74) is 4.69. The Labute approximate surface area is 244 Å². The Bertz CT molecular complexity index is 1700. The Kier molecular flexibility index (Phi) is 6.82. The van der Waals surface area contributed by atoms with Crippen molar-refractivity contribution in [1.29, 1.82) is 0 Å². The second kappa shape index (κ2) is 10.2. The fourth-order valence-electron chi connectivity index (χ4n) is 6.42. The van der Waals surface area contributed by atoms with E-state index >= 15 is 0 Å². The van der Waals surface area contributed by atoms with Crippen molar-refractivity contribution in [2.45, 2.75) is 45.2 Å². The standard InChI is InChI=1S/C31H35ClN6O3/c1-19(2)38-11-9-31(38)8-10-36(18-31)26-16-22(17-33-29(26)41-5)27-28(39)23(14-20(3)34-27)21-6-7-25(24(32)15-21)37-13-12-35(4)30(37)40/h6-7,12-17,19,39H,8-11,18H2,1-5H3/t31-/m1/s1. The normalized spacial score (nSPS) is 18.9. The molecule has 6 rings (SSSR count). The summed E-state index contributed by atoms with van der Waals surface area (Å²) in [6, 6.07) is 9.75. The van der Waals surface area contributed by atoms with Crippen LogP contribution in [0.2, 0.25) is 5.02 Å². The van der Waals surface area contributed by atoms with Gasteiger partial charge in [0.15, 0.2) is 0 Å². The molecule has 10 heteroatoms. The summed E-state index contributed by atoms with van der Waals surface area (Å²) in [5, 5.41) is 11.9. The fraction of sp³-hybridized carbons (Fsp3) is 0.387. The molecule has 5 heterocycles. The highest BCUT2D eigenvalue weighted by atomic mass is 35.5. The van der Waals surface area contributed by atoms with Gasteiger partial charge >= 0.3 is 5.69 Å². The number of rotatable bonds is 6. The summed E-state index contributed by atoms with van der Waals surface area (Å²) in [6.07, 6.45) is 7.35. The van der Waals surface area contributed by atoms with E-state index in [0.29, 0.717) is 45.0 Å². The van der Waals surface area contributed by atoms with E-state index in [9.17, 15) is 9.90 Å². The number of hydrogen-bond acceptors (Lipinski definition) is 7. The van der Waals surface area contributed by atoms with Crippen LogP contribution in [0.1, 0.15) is 32.4 Å². The van der Waals surface area contributed by atoms with Crippen molar-refractivity contribution < 1.29 is 9.84 Å². The van der Waals surface area contributed by atoms with E-state index in [1.165, 1.54) is 15.6 Å². The molecular formula is C31H35ClN6O3. The van der Waals surface area contributed by atoms with Gasteiger partial charge in [-0.1, -0.05) is 17.7 Å². The van der Waals surface area contributed by atoms with Crippen LogP contribution >= 0.6 is 11.6 Å². The molecule has 0 radical (unpaired) electrons. The highest BCUT2D eigenvalue weighted by molar-refractivity contribution is 6.32. The third kappa shape index (κ3) is 4.57. The zero-order valence-corrected chi connectivity index (χ0v) is 24.8. The summed E-state index contributed by atoms with van der Waals surface area (Å²) in [4.78, 5) is 26.7. The van der Waals surface area contributed by atoms with Crippen LogP contribution in [0.4, 0.5) is 5.69 Å². The van der Waals surface area contributed by atoms with Crippen molar-refractivity contribution in [2.24, 2.45) is 7.05 Å². The average molecular weight is 575 g/mol. The maximum Gasteiger partial charge on any atom is 0.332 e. The SMILES string of the molecule is COc1ncc(-c2nc(C)cc(-c3ccc(-n4ccn(C)c4=O)c(Cl)c3)c2O)cc1N1CC[C@@]2(CCN2C(C)C)C1. The first-order valence-electron chi connectivity index (χ1n) is 13.9. The van der Waals surface area contributed by atoms with Crippen LogP contribution in [-0.4, -0.2) is 67.4 Å². The second-order valence-electron chi connectivity index (χ2n) is 11.4. The minimum Gasteiger partial charge on any atom is -0.505 e. The summed E-state index contributed by atoms with van der Waals surface area (Å²) < 4.78 is 8.65. The Morgan fingerprint density at radius 3 is 2.49 bits per heavy atom. The number of anilines is 1. The molecule has 0 unspecified atom stereocenters. The van der Waals surface area contributed by atoms with Gasteiger partial charge in [-0.2, -0.15) is 0 Å². The average Bonchev–Trinajstić information content (AvgIpc) is 3.54. The van der Waals surface area contributed by atoms with Gasteiger partial charge in [0.25, 0.3) is 0 Å². The van der Waals surface area contributed by atoms with Gasteiger partial charge in [-0.15, -0.1) is 0 Å². The number of methoxy groups -OCH3 is 1. The van der Waals surface area contributed by atoms with E-state index < -0.39 is 0 Å². The summed E-state index contributed by atoms with van der Waals surface area (Å²) in [6.45, 7) is 9.39. The van der Waals surface area contributed by atoms with Crippen LogP contribution in [0.15, 0.2) is 53.7 Å². The van der Waals surface area contributed by atoms with Crippen molar-refractivity contribution in [3.8, 4) is 39.7 Å². The van der Waals surface area contributed by atoms with E-state index in [1.807, 2.05) is 25.1 Å². The zero-order valence-electron chi connectivity index (χ0n) is 24.1.